The molecule has 0 bridgehead atoms. The van der Waals surface area contributed by atoms with E-state index < -0.39 is 9.84 Å². The van der Waals surface area contributed by atoms with Crippen molar-refractivity contribution in [3.05, 3.63) is 29.8 Å². The molecular weight excluding hydrogens is 328 g/mol. The van der Waals surface area contributed by atoms with Gasteiger partial charge >= 0.3 is 0 Å². The number of rotatable bonds is 4. The first kappa shape index (κ1) is 17.2. The minimum Gasteiger partial charge on any atom is -0.484 e. The monoisotopic (exact) mass is 353 g/mol. The summed E-state index contributed by atoms with van der Waals surface area (Å²) in [5, 5.41) is 0. The van der Waals surface area contributed by atoms with E-state index >= 15 is 0 Å². The highest BCUT2D eigenvalue weighted by atomic mass is 32.2. The van der Waals surface area contributed by atoms with Crippen LogP contribution in [0.1, 0.15) is 12.0 Å². The fraction of sp³-hybridized carbons (Fsp3) is 0.588. The Morgan fingerprint density at radius 3 is 2.62 bits per heavy atom. The molecule has 1 amide bonds. The van der Waals surface area contributed by atoms with Crippen molar-refractivity contribution in [3.8, 4) is 5.75 Å². The lowest BCUT2D eigenvalue weighted by molar-refractivity contribution is -0.925. The van der Waals surface area contributed by atoms with Gasteiger partial charge in [-0.15, -0.1) is 0 Å². The summed E-state index contributed by atoms with van der Waals surface area (Å²) in [5.41, 5.74) is 1.02. The summed E-state index contributed by atoms with van der Waals surface area (Å²) in [7, 11) is -2.84. The van der Waals surface area contributed by atoms with Crippen molar-refractivity contribution in [2.75, 3.05) is 44.3 Å². The van der Waals surface area contributed by atoms with Crippen LogP contribution in [-0.2, 0) is 14.6 Å². The Bertz CT molecular complexity index is 696. The molecule has 0 radical (unpaired) electrons. The van der Waals surface area contributed by atoms with E-state index in [9.17, 15) is 13.2 Å². The van der Waals surface area contributed by atoms with Crippen LogP contribution in [0.2, 0.25) is 0 Å². The largest absolute Gasteiger partial charge is 0.484 e. The predicted molar refractivity (Wildman–Crippen MR) is 91.0 cm³/mol. The summed E-state index contributed by atoms with van der Waals surface area (Å²) in [6, 6.07) is 7.86. The smallest absolute Gasteiger partial charge is 0.260 e. The van der Waals surface area contributed by atoms with Gasteiger partial charge in [-0.2, -0.15) is 0 Å². The number of sulfone groups is 1. The van der Waals surface area contributed by atoms with Crippen LogP contribution in [0.15, 0.2) is 24.3 Å². The van der Waals surface area contributed by atoms with Crippen molar-refractivity contribution in [2.45, 2.75) is 19.4 Å². The number of piperazine rings is 1. The first-order chi connectivity index (χ1) is 11.4. The molecule has 2 heterocycles. The highest BCUT2D eigenvalue weighted by Gasteiger charge is 2.37. The van der Waals surface area contributed by atoms with Crippen LogP contribution in [0, 0.1) is 6.92 Å². The molecule has 2 aliphatic heterocycles. The summed E-state index contributed by atoms with van der Waals surface area (Å²) >= 11 is 0. The Hall–Kier alpha value is -1.60. The summed E-state index contributed by atoms with van der Waals surface area (Å²) in [6.45, 7) is 4.98. The third-order valence-electron chi connectivity index (χ3n) is 5.01. The number of nitrogens with one attached hydrogen (secondary N) is 1. The second-order valence-corrected chi connectivity index (χ2v) is 8.92. The van der Waals surface area contributed by atoms with Gasteiger partial charge in [-0.1, -0.05) is 18.2 Å². The van der Waals surface area contributed by atoms with Crippen molar-refractivity contribution < 1.29 is 22.8 Å². The molecule has 1 N–H and O–H groups in total. The molecule has 132 valence electrons. The number of benzene rings is 1. The van der Waals surface area contributed by atoms with Crippen molar-refractivity contribution >= 4 is 15.7 Å². The standard InChI is InChI=1S/C17H24N2O4S/c1-14-4-2-3-5-16(14)23-12-17(20)19-9-7-18(8-10-19)15-6-11-24(21,22)13-15/h2-5,15H,6-13H2,1H3/p+1/t15-/m0/s1. The zero-order valence-electron chi connectivity index (χ0n) is 14.0. The summed E-state index contributed by atoms with van der Waals surface area (Å²) in [5.74, 6) is 1.35. The molecule has 0 aliphatic carbocycles. The van der Waals surface area contributed by atoms with Crippen LogP contribution in [0.4, 0.5) is 0 Å². The first-order valence-electron chi connectivity index (χ1n) is 8.46. The molecule has 3 rings (SSSR count). The van der Waals surface area contributed by atoms with Gasteiger partial charge in [0.15, 0.2) is 16.4 Å². The highest BCUT2D eigenvalue weighted by molar-refractivity contribution is 7.91. The second kappa shape index (κ2) is 7.11. The number of aryl methyl sites for hydroxylation is 1. The number of carbonyl (C=O) groups is 1. The van der Waals surface area contributed by atoms with Gasteiger partial charge in [0.25, 0.3) is 5.91 Å². The minimum absolute atomic E-state index is 0.00338. The van der Waals surface area contributed by atoms with Gasteiger partial charge in [-0.3, -0.25) is 4.79 Å². The third kappa shape index (κ3) is 4.08. The highest BCUT2D eigenvalue weighted by Crippen LogP contribution is 2.16. The Balaban J connectivity index is 1.46. The maximum absolute atomic E-state index is 12.3. The van der Waals surface area contributed by atoms with Crippen LogP contribution in [0.3, 0.4) is 0 Å². The van der Waals surface area contributed by atoms with Gasteiger partial charge in [0, 0.05) is 6.42 Å². The molecule has 0 saturated carbocycles. The van der Waals surface area contributed by atoms with Gasteiger partial charge in [0.2, 0.25) is 0 Å². The van der Waals surface area contributed by atoms with Crippen molar-refractivity contribution in [2.24, 2.45) is 0 Å². The van der Waals surface area contributed by atoms with E-state index in [1.54, 1.807) is 0 Å². The summed E-state index contributed by atoms with van der Waals surface area (Å²) in [6.07, 6.45) is 0.752. The topological polar surface area (TPSA) is 68.1 Å². The molecular formula is C17H25N2O4S+. The minimum atomic E-state index is -2.84. The number of carbonyl (C=O) groups excluding carboxylic acids is 1. The third-order valence-corrected chi connectivity index (χ3v) is 6.78. The molecule has 6 nitrogen and oxygen atoms in total. The molecule has 0 unspecified atom stereocenters. The van der Waals surface area contributed by atoms with Crippen molar-refractivity contribution in [1.29, 1.82) is 0 Å². The van der Waals surface area contributed by atoms with Gasteiger partial charge in [-0.25, -0.2) is 8.42 Å². The number of nitrogens with zero attached hydrogens (tertiary/aromatic N) is 1. The van der Waals surface area contributed by atoms with E-state index in [1.165, 1.54) is 4.90 Å². The SMILES string of the molecule is Cc1ccccc1OCC(=O)N1CC[NH+]([C@H]2CCS(=O)(=O)C2)CC1. The number of amides is 1. The molecule has 2 aliphatic rings. The number of para-hydroxylation sites is 1. The quantitative estimate of drug-likeness (QED) is 0.776. The average Bonchev–Trinajstić information content (AvgIpc) is 2.94. The van der Waals surface area contributed by atoms with Gasteiger partial charge in [0.1, 0.15) is 17.5 Å². The van der Waals surface area contributed by atoms with Crippen LogP contribution in [-0.4, -0.2) is 69.6 Å². The van der Waals surface area contributed by atoms with E-state index in [0.717, 1.165) is 30.8 Å². The van der Waals surface area contributed by atoms with E-state index in [0.29, 0.717) is 24.6 Å². The molecule has 2 saturated heterocycles. The van der Waals surface area contributed by atoms with E-state index in [2.05, 4.69) is 0 Å². The van der Waals surface area contributed by atoms with Gasteiger partial charge < -0.3 is 14.5 Å². The molecule has 7 heteroatoms. The maximum Gasteiger partial charge on any atom is 0.260 e. The van der Waals surface area contributed by atoms with Crippen LogP contribution in [0.5, 0.6) is 5.75 Å². The van der Waals surface area contributed by atoms with E-state index in [4.69, 9.17) is 4.74 Å². The van der Waals surface area contributed by atoms with E-state index in [1.807, 2.05) is 36.1 Å². The van der Waals surface area contributed by atoms with Gasteiger partial charge in [-0.05, 0) is 18.6 Å². The lowest BCUT2D eigenvalue weighted by Crippen LogP contribution is -3.18. The number of quaternary nitrogens is 1. The zero-order valence-corrected chi connectivity index (χ0v) is 14.8. The normalized spacial score (nSPS) is 24.0. The van der Waals surface area contributed by atoms with Crippen LogP contribution in [0.25, 0.3) is 0 Å². The molecule has 1 aromatic carbocycles. The Morgan fingerprint density at radius 1 is 1.29 bits per heavy atom. The molecule has 24 heavy (non-hydrogen) atoms. The second-order valence-electron chi connectivity index (χ2n) is 6.69. The lowest BCUT2D eigenvalue weighted by atomic mass is 10.2. The Kier molecular flexibility index (Phi) is 5.10. The summed E-state index contributed by atoms with van der Waals surface area (Å²) < 4.78 is 28.8. The molecule has 1 aromatic rings. The summed E-state index contributed by atoms with van der Waals surface area (Å²) in [4.78, 5) is 15.5. The zero-order chi connectivity index (χ0) is 17.2. The maximum atomic E-state index is 12.3. The number of hydrogen-bond donors (Lipinski definition) is 1. The Labute approximate surface area is 143 Å². The lowest BCUT2D eigenvalue weighted by Gasteiger charge is -2.34. The Morgan fingerprint density at radius 2 is 2.00 bits per heavy atom. The van der Waals surface area contributed by atoms with Gasteiger partial charge in [0.05, 0.1) is 31.9 Å². The fourth-order valence-corrected chi connectivity index (χ4v) is 5.34. The molecule has 0 spiro atoms. The number of ether oxygens (including phenoxy) is 1. The molecule has 0 aromatic heterocycles. The van der Waals surface area contributed by atoms with E-state index in [-0.39, 0.29) is 18.6 Å². The van der Waals surface area contributed by atoms with Crippen LogP contribution >= 0.6 is 0 Å². The fourth-order valence-electron chi connectivity index (χ4n) is 3.52. The molecule has 2 fully saturated rings. The average molecular weight is 353 g/mol. The van der Waals surface area contributed by atoms with Crippen molar-refractivity contribution in [3.63, 3.8) is 0 Å². The van der Waals surface area contributed by atoms with Crippen LogP contribution < -0.4 is 9.64 Å². The van der Waals surface area contributed by atoms with Crippen molar-refractivity contribution in [1.82, 2.24) is 4.90 Å². The predicted octanol–water partition coefficient (Wildman–Crippen LogP) is -0.712. The first-order valence-corrected chi connectivity index (χ1v) is 10.3. The number of hydrogen-bond acceptors (Lipinski definition) is 4. The molecule has 1 atom stereocenters.